The largest absolute Gasteiger partial charge is 0.492 e. The van der Waals surface area contributed by atoms with Gasteiger partial charge >= 0.3 is 0 Å². The Balaban J connectivity index is 2.19. The molecule has 0 aliphatic heterocycles. The lowest BCUT2D eigenvalue weighted by Crippen LogP contribution is -2.40. The van der Waals surface area contributed by atoms with Crippen LogP contribution in [0.4, 0.5) is 0 Å². The van der Waals surface area contributed by atoms with Gasteiger partial charge in [-0.05, 0) is 31.4 Å². The fourth-order valence-electron chi connectivity index (χ4n) is 2.23. The fraction of sp³-hybridized carbons (Fsp3) is 0.611. The quantitative estimate of drug-likeness (QED) is 0.395. The van der Waals surface area contributed by atoms with Crippen molar-refractivity contribution in [2.45, 2.75) is 33.3 Å². The molecule has 0 heterocycles. The SMILES string of the molecule is CCOC(CCNC(=NC)NCCOc1ccccc1)C(C)C. The van der Waals surface area contributed by atoms with E-state index in [1.807, 2.05) is 37.3 Å². The number of benzene rings is 1. The summed E-state index contributed by atoms with van der Waals surface area (Å²) in [7, 11) is 1.77. The Bertz CT molecular complexity index is 435. The van der Waals surface area contributed by atoms with Crippen LogP contribution in [0.15, 0.2) is 35.3 Å². The highest BCUT2D eigenvalue weighted by molar-refractivity contribution is 5.79. The molecule has 0 radical (unpaired) electrons. The number of hydrogen-bond acceptors (Lipinski definition) is 3. The normalized spacial score (nSPS) is 13.0. The number of aliphatic imine (C=N–C) groups is 1. The maximum absolute atomic E-state index is 5.75. The number of nitrogens with one attached hydrogen (secondary N) is 2. The van der Waals surface area contributed by atoms with Gasteiger partial charge in [-0.3, -0.25) is 4.99 Å². The van der Waals surface area contributed by atoms with Crippen molar-refractivity contribution in [1.82, 2.24) is 10.6 Å². The first-order valence-electron chi connectivity index (χ1n) is 8.41. The van der Waals surface area contributed by atoms with E-state index in [0.29, 0.717) is 19.1 Å². The third-order valence-corrected chi connectivity index (χ3v) is 3.48. The van der Waals surface area contributed by atoms with E-state index in [-0.39, 0.29) is 6.10 Å². The average Bonchev–Trinajstić information content (AvgIpc) is 2.56. The van der Waals surface area contributed by atoms with Gasteiger partial charge in [0.05, 0.1) is 12.6 Å². The minimum absolute atomic E-state index is 0.284. The Morgan fingerprint density at radius 1 is 1.13 bits per heavy atom. The lowest BCUT2D eigenvalue weighted by atomic mass is 10.0. The van der Waals surface area contributed by atoms with Crippen LogP contribution in [0.1, 0.15) is 27.2 Å². The van der Waals surface area contributed by atoms with Crippen molar-refractivity contribution in [3.05, 3.63) is 30.3 Å². The molecule has 23 heavy (non-hydrogen) atoms. The van der Waals surface area contributed by atoms with Crippen LogP contribution in [0.2, 0.25) is 0 Å². The first-order chi connectivity index (χ1) is 11.2. The third kappa shape index (κ3) is 8.45. The van der Waals surface area contributed by atoms with Gasteiger partial charge in [-0.2, -0.15) is 0 Å². The van der Waals surface area contributed by atoms with Gasteiger partial charge in [-0.1, -0.05) is 32.0 Å². The predicted molar refractivity (Wildman–Crippen MR) is 96.2 cm³/mol. The molecule has 0 saturated heterocycles. The van der Waals surface area contributed by atoms with Crippen LogP contribution >= 0.6 is 0 Å². The molecular weight excluding hydrogens is 290 g/mol. The van der Waals surface area contributed by atoms with Crippen molar-refractivity contribution in [3.63, 3.8) is 0 Å². The van der Waals surface area contributed by atoms with E-state index in [1.165, 1.54) is 0 Å². The van der Waals surface area contributed by atoms with Gasteiger partial charge in [0.1, 0.15) is 12.4 Å². The summed E-state index contributed by atoms with van der Waals surface area (Å²) in [6.07, 6.45) is 1.25. The number of hydrogen-bond donors (Lipinski definition) is 2. The highest BCUT2D eigenvalue weighted by Crippen LogP contribution is 2.10. The number of nitrogens with zero attached hydrogens (tertiary/aromatic N) is 1. The molecule has 0 fully saturated rings. The molecule has 0 saturated carbocycles. The Morgan fingerprint density at radius 2 is 1.83 bits per heavy atom. The number of para-hydroxylation sites is 1. The number of rotatable bonds is 10. The van der Waals surface area contributed by atoms with E-state index in [1.54, 1.807) is 7.05 Å². The van der Waals surface area contributed by atoms with E-state index in [2.05, 4.69) is 29.5 Å². The zero-order valence-electron chi connectivity index (χ0n) is 14.8. The summed E-state index contributed by atoms with van der Waals surface area (Å²) < 4.78 is 11.4. The Morgan fingerprint density at radius 3 is 2.43 bits per heavy atom. The highest BCUT2D eigenvalue weighted by Gasteiger charge is 2.12. The first-order valence-corrected chi connectivity index (χ1v) is 8.41. The molecule has 0 bridgehead atoms. The van der Waals surface area contributed by atoms with Crippen LogP contribution in [0.25, 0.3) is 0 Å². The molecule has 5 heteroatoms. The number of ether oxygens (including phenoxy) is 2. The van der Waals surface area contributed by atoms with E-state index in [0.717, 1.165) is 31.3 Å². The standard InChI is InChI=1S/C18H31N3O2/c1-5-22-17(15(2)3)11-12-20-18(19-4)21-13-14-23-16-9-7-6-8-10-16/h6-10,15,17H,5,11-14H2,1-4H3,(H2,19,20,21). The molecule has 0 aromatic heterocycles. The van der Waals surface area contributed by atoms with Gasteiger partial charge in [0.2, 0.25) is 0 Å². The summed E-state index contributed by atoms with van der Waals surface area (Å²) in [6, 6.07) is 9.81. The van der Waals surface area contributed by atoms with Crippen molar-refractivity contribution < 1.29 is 9.47 Å². The van der Waals surface area contributed by atoms with Gasteiger partial charge in [0.15, 0.2) is 5.96 Å². The van der Waals surface area contributed by atoms with E-state index < -0.39 is 0 Å². The molecule has 1 aromatic rings. The van der Waals surface area contributed by atoms with Crippen molar-refractivity contribution in [2.24, 2.45) is 10.9 Å². The molecular formula is C18H31N3O2. The Hall–Kier alpha value is -1.75. The maximum atomic E-state index is 5.75. The minimum atomic E-state index is 0.284. The van der Waals surface area contributed by atoms with Gasteiger partial charge in [-0.25, -0.2) is 0 Å². The van der Waals surface area contributed by atoms with Gasteiger partial charge in [0, 0.05) is 20.2 Å². The van der Waals surface area contributed by atoms with Crippen LogP contribution in [0.3, 0.4) is 0 Å². The van der Waals surface area contributed by atoms with Crippen LogP contribution in [-0.4, -0.2) is 45.4 Å². The second-order valence-electron chi connectivity index (χ2n) is 5.61. The predicted octanol–water partition coefficient (Wildman–Crippen LogP) is 2.68. The summed E-state index contributed by atoms with van der Waals surface area (Å²) >= 11 is 0. The summed E-state index contributed by atoms with van der Waals surface area (Å²) in [5.41, 5.74) is 0. The van der Waals surface area contributed by atoms with E-state index in [4.69, 9.17) is 9.47 Å². The molecule has 2 N–H and O–H groups in total. The van der Waals surface area contributed by atoms with Gasteiger partial charge in [0.25, 0.3) is 0 Å². The fourth-order valence-corrected chi connectivity index (χ4v) is 2.23. The lowest BCUT2D eigenvalue weighted by Gasteiger charge is -2.21. The molecule has 1 aromatic carbocycles. The van der Waals surface area contributed by atoms with Gasteiger partial charge in [-0.15, -0.1) is 0 Å². The summed E-state index contributed by atoms with van der Waals surface area (Å²) in [4.78, 5) is 4.22. The van der Waals surface area contributed by atoms with Crippen LogP contribution in [-0.2, 0) is 4.74 Å². The second kappa shape index (κ2) is 11.8. The highest BCUT2D eigenvalue weighted by atomic mass is 16.5. The van der Waals surface area contributed by atoms with Crippen LogP contribution in [0, 0.1) is 5.92 Å². The molecule has 1 rings (SSSR count). The molecule has 0 aliphatic rings. The smallest absolute Gasteiger partial charge is 0.191 e. The van der Waals surface area contributed by atoms with Crippen LogP contribution < -0.4 is 15.4 Å². The maximum Gasteiger partial charge on any atom is 0.191 e. The monoisotopic (exact) mass is 321 g/mol. The van der Waals surface area contributed by atoms with Crippen molar-refractivity contribution in [2.75, 3.05) is 33.4 Å². The summed E-state index contributed by atoms with van der Waals surface area (Å²) in [6.45, 7) is 9.30. The molecule has 0 spiro atoms. The molecule has 0 amide bonds. The zero-order chi connectivity index (χ0) is 16.9. The van der Waals surface area contributed by atoms with E-state index >= 15 is 0 Å². The van der Waals surface area contributed by atoms with Crippen LogP contribution in [0.5, 0.6) is 5.75 Å². The lowest BCUT2D eigenvalue weighted by molar-refractivity contribution is 0.0258. The van der Waals surface area contributed by atoms with Gasteiger partial charge < -0.3 is 20.1 Å². The third-order valence-electron chi connectivity index (χ3n) is 3.48. The first kappa shape index (κ1) is 19.3. The molecule has 130 valence electrons. The average molecular weight is 321 g/mol. The summed E-state index contributed by atoms with van der Waals surface area (Å²) in [5.74, 6) is 2.19. The van der Waals surface area contributed by atoms with E-state index in [9.17, 15) is 0 Å². The molecule has 0 aliphatic carbocycles. The molecule has 1 unspecified atom stereocenters. The van der Waals surface area contributed by atoms with Crippen molar-refractivity contribution in [3.8, 4) is 5.75 Å². The Labute approximate surface area is 140 Å². The van der Waals surface area contributed by atoms with Crippen molar-refractivity contribution in [1.29, 1.82) is 0 Å². The number of guanidine groups is 1. The van der Waals surface area contributed by atoms with Crippen molar-refractivity contribution >= 4 is 5.96 Å². The summed E-state index contributed by atoms with van der Waals surface area (Å²) in [5, 5.41) is 6.56. The topological polar surface area (TPSA) is 54.9 Å². The Kier molecular flexibility index (Phi) is 9.87. The molecule has 5 nitrogen and oxygen atoms in total. The second-order valence-corrected chi connectivity index (χ2v) is 5.61. The molecule has 1 atom stereocenters. The zero-order valence-corrected chi connectivity index (χ0v) is 14.8. The minimum Gasteiger partial charge on any atom is -0.492 e.